The number of carbonyl (C=O) groups excluding carboxylic acids is 1. The smallest absolute Gasteiger partial charge is 0.225 e. The third kappa shape index (κ3) is 4.40. The summed E-state index contributed by atoms with van der Waals surface area (Å²) in [5.74, 6) is 1.01. The van der Waals surface area contributed by atoms with E-state index in [1.54, 1.807) is 11.3 Å². The van der Waals surface area contributed by atoms with Gasteiger partial charge in [0.1, 0.15) is 16.6 Å². The Morgan fingerprint density at radius 3 is 2.94 bits per heavy atom. The Balaban J connectivity index is 1.22. The van der Waals surface area contributed by atoms with Crippen LogP contribution >= 0.6 is 23.1 Å². The summed E-state index contributed by atoms with van der Waals surface area (Å²) in [5.41, 5.74) is 4.43. The molecule has 9 heteroatoms. The molecular weight excluding hydrogens is 464 g/mol. The molecule has 0 saturated heterocycles. The number of thioether (sulfide) groups is 1. The van der Waals surface area contributed by atoms with Gasteiger partial charge in [0.05, 0.1) is 5.56 Å². The van der Waals surface area contributed by atoms with Crippen molar-refractivity contribution in [2.45, 2.75) is 51.6 Å². The fourth-order valence-electron chi connectivity index (χ4n) is 4.52. The van der Waals surface area contributed by atoms with Crippen molar-refractivity contribution in [1.82, 2.24) is 20.2 Å². The van der Waals surface area contributed by atoms with Crippen molar-refractivity contribution in [3.05, 3.63) is 40.3 Å². The maximum absolute atomic E-state index is 12.6. The van der Waals surface area contributed by atoms with Crippen molar-refractivity contribution in [2.24, 2.45) is 11.3 Å². The zero-order valence-electron chi connectivity index (χ0n) is 19.4. The lowest BCUT2D eigenvalue weighted by molar-refractivity contribution is -0.115. The van der Waals surface area contributed by atoms with Crippen LogP contribution in [0.3, 0.4) is 0 Å². The van der Waals surface area contributed by atoms with Gasteiger partial charge in [-0.05, 0) is 42.2 Å². The van der Waals surface area contributed by atoms with E-state index in [1.807, 2.05) is 24.3 Å². The van der Waals surface area contributed by atoms with Crippen LogP contribution in [0.4, 0.5) is 5.00 Å². The number of nitrogens with zero attached hydrogens (tertiary/aromatic N) is 4. The van der Waals surface area contributed by atoms with E-state index in [9.17, 15) is 10.1 Å². The number of hydrogen-bond donors (Lipinski definition) is 2. The topological polar surface area (TPSA) is 107 Å². The van der Waals surface area contributed by atoms with E-state index in [1.165, 1.54) is 16.6 Å². The summed E-state index contributed by atoms with van der Waals surface area (Å²) in [6, 6.07) is 10.2. The minimum Gasteiger partial charge on any atom is -0.338 e. The van der Waals surface area contributed by atoms with Crippen molar-refractivity contribution < 1.29 is 4.79 Å². The van der Waals surface area contributed by atoms with Crippen molar-refractivity contribution >= 4 is 56.1 Å². The van der Waals surface area contributed by atoms with Crippen LogP contribution in [0, 0.1) is 22.7 Å². The number of fused-ring (bicyclic) bond motifs is 4. The molecule has 0 bridgehead atoms. The van der Waals surface area contributed by atoms with Crippen molar-refractivity contribution in [3.8, 4) is 6.07 Å². The maximum Gasteiger partial charge on any atom is 0.225 e. The minimum atomic E-state index is -0.102. The predicted octanol–water partition coefficient (Wildman–Crippen LogP) is 5.71. The zero-order valence-corrected chi connectivity index (χ0v) is 21.1. The Labute approximate surface area is 206 Å². The van der Waals surface area contributed by atoms with Crippen LogP contribution in [0.25, 0.3) is 22.1 Å². The second-order valence-electron chi connectivity index (χ2n) is 9.73. The summed E-state index contributed by atoms with van der Waals surface area (Å²) in [7, 11) is 0. The Morgan fingerprint density at radius 1 is 1.32 bits per heavy atom. The molecular formula is C25H26N6OS2. The number of anilines is 1. The first-order valence-electron chi connectivity index (χ1n) is 11.4. The van der Waals surface area contributed by atoms with Gasteiger partial charge in [0.15, 0.2) is 5.65 Å². The first-order valence-corrected chi connectivity index (χ1v) is 13.2. The molecule has 5 rings (SSSR count). The molecule has 7 nitrogen and oxygen atoms in total. The molecule has 0 radical (unpaired) electrons. The Kier molecular flexibility index (Phi) is 6.04. The second-order valence-corrected chi connectivity index (χ2v) is 11.9. The van der Waals surface area contributed by atoms with Gasteiger partial charge in [0, 0.05) is 28.0 Å². The van der Waals surface area contributed by atoms with Crippen molar-refractivity contribution in [2.75, 3.05) is 11.1 Å². The molecule has 0 saturated carbocycles. The number of amides is 1. The van der Waals surface area contributed by atoms with Gasteiger partial charge in [-0.1, -0.05) is 50.7 Å². The molecule has 1 aliphatic rings. The van der Waals surface area contributed by atoms with Gasteiger partial charge in [0.2, 0.25) is 11.1 Å². The number of aromatic nitrogens is 4. The van der Waals surface area contributed by atoms with Crippen LogP contribution < -0.4 is 5.32 Å². The molecule has 1 unspecified atom stereocenters. The zero-order chi connectivity index (χ0) is 23.9. The van der Waals surface area contributed by atoms with Crippen LogP contribution in [0.1, 0.15) is 49.6 Å². The first-order chi connectivity index (χ1) is 16.3. The summed E-state index contributed by atoms with van der Waals surface area (Å²) < 4.78 is 0. The minimum absolute atomic E-state index is 0.102. The second kappa shape index (κ2) is 9.01. The third-order valence-electron chi connectivity index (χ3n) is 6.52. The Hall–Kier alpha value is -2.96. The molecule has 0 aliphatic heterocycles. The highest BCUT2D eigenvalue weighted by Crippen LogP contribution is 2.44. The molecule has 1 aromatic carbocycles. The molecule has 4 aromatic rings. The molecule has 34 heavy (non-hydrogen) atoms. The lowest BCUT2D eigenvalue weighted by Crippen LogP contribution is -2.26. The van der Waals surface area contributed by atoms with Crippen LogP contribution in [0.15, 0.2) is 29.4 Å². The van der Waals surface area contributed by atoms with Gasteiger partial charge in [-0.25, -0.2) is 4.98 Å². The van der Waals surface area contributed by atoms with Gasteiger partial charge in [-0.3, -0.25) is 4.79 Å². The van der Waals surface area contributed by atoms with Crippen molar-refractivity contribution in [1.29, 1.82) is 5.26 Å². The van der Waals surface area contributed by atoms with Crippen LogP contribution in [-0.2, 0) is 17.6 Å². The standard InChI is InChI=1S/C25H26N6OS2/c1-25(2,3)14-8-9-15-17(13-26)23(34-19(15)12-14)28-20(32)10-11-33-24-29-22-21(30-31-24)16-6-4-5-7-18(16)27-22/h4-7,14H,8-12H2,1-3H3,(H,28,32)(H,27,29,31). The normalized spacial score (nSPS) is 15.9. The third-order valence-corrected chi connectivity index (χ3v) is 8.53. The van der Waals surface area contributed by atoms with E-state index in [-0.39, 0.29) is 11.3 Å². The van der Waals surface area contributed by atoms with E-state index >= 15 is 0 Å². The van der Waals surface area contributed by atoms with Crippen LogP contribution in [0.2, 0.25) is 0 Å². The molecule has 0 fully saturated rings. The van der Waals surface area contributed by atoms with E-state index < -0.39 is 0 Å². The van der Waals surface area contributed by atoms with Gasteiger partial charge in [-0.15, -0.1) is 21.5 Å². The molecule has 2 N–H and O–H groups in total. The largest absolute Gasteiger partial charge is 0.338 e. The number of benzene rings is 1. The molecule has 1 atom stereocenters. The summed E-state index contributed by atoms with van der Waals surface area (Å²) in [5, 5.41) is 23.5. The van der Waals surface area contributed by atoms with Gasteiger partial charge in [0.25, 0.3) is 0 Å². The number of nitrogens with one attached hydrogen (secondary N) is 2. The molecule has 1 amide bonds. The molecule has 1 aliphatic carbocycles. The first kappa shape index (κ1) is 22.8. The van der Waals surface area contributed by atoms with E-state index in [2.05, 4.69) is 52.3 Å². The van der Waals surface area contributed by atoms with Gasteiger partial charge in [-0.2, -0.15) is 5.26 Å². The lowest BCUT2D eigenvalue weighted by Gasteiger charge is -2.33. The monoisotopic (exact) mass is 490 g/mol. The van der Waals surface area contributed by atoms with E-state index in [0.717, 1.165) is 41.2 Å². The highest BCUT2D eigenvalue weighted by atomic mass is 32.2. The van der Waals surface area contributed by atoms with Gasteiger partial charge < -0.3 is 10.3 Å². The summed E-state index contributed by atoms with van der Waals surface area (Å²) in [4.78, 5) is 21.7. The molecule has 174 valence electrons. The number of rotatable bonds is 5. The fourth-order valence-corrected chi connectivity index (χ4v) is 6.54. The number of hydrogen-bond acceptors (Lipinski definition) is 7. The number of carbonyl (C=O) groups is 1. The summed E-state index contributed by atoms with van der Waals surface area (Å²) in [6.07, 6.45) is 3.27. The average molecular weight is 491 g/mol. The Morgan fingerprint density at radius 2 is 2.15 bits per heavy atom. The number of nitriles is 1. The molecule has 3 aromatic heterocycles. The fraction of sp³-hybridized carbons (Fsp3) is 0.400. The lowest BCUT2D eigenvalue weighted by atomic mass is 9.72. The highest BCUT2D eigenvalue weighted by molar-refractivity contribution is 7.99. The molecule has 3 heterocycles. The summed E-state index contributed by atoms with van der Waals surface area (Å²) >= 11 is 2.97. The van der Waals surface area contributed by atoms with Crippen LogP contribution in [0.5, 0.6) is 0 Å². The number of H-pyrrole nitrogens is 1. The van der Waals surface area contributed by atoms with Gasteiger partial charge >= 0.3 is 0 Å². The van der Waals surface area contributed by atoms with E-state index in [0.29, 0.717) is 39.5 Å². The van der Waals surface area contributed by atoms with Crippen LogP contribution in [-0.4, -0.2) is 31.8 Å². The van der Waals surface area contributed by atoms with Crippen molar-refractivity contribution in [3.63, 3.8) is 0 Å². The van der Waals surface area contributed by atoms with E-state index in [4.69, 9.17) is 0 Å². The maximum atomic E-state index is 12.6. The predicted molar refractivity (Wildman–Crippen MR) is 137 cm³/mol. The summed E-state index contributed by atoms with van der Waals surface area (Å²) in [6.45, 7) is 6.82. The number of thiophene rings is 1. The SMILES string of the molecule is CC(C)(C)C1CCc2c(sc(NC(=O)CCSc3nnc4c(n3)[nH]c3ccccc34)c2C#N)C1. The number of aromatic amines is 1. The highest BCUT2D eigenvalue weighted by Gasteiger charge is 2.32. The Bertz CT molecular complexity index is 1430. The quantitative estimate of drug-likeness (QED) is 0.347. The average Bonchev–Trinajstić information content (AvgIpc) is 3.34. The number of para-hydroxylation sites is 1. The molecule has 0 spiro atoms.